The Morgan fingerprint density at radius 3 is 2.25 bits per heavy atom. The van der Waals surface area contributed by atoms with Gasteiger partial charge < -0.3 is 5.32 Å². The summed E-state index contributed by atoms with van der Waals surface area (Å²) in [6.07, 6.45) is 0.952. The molecule has 0 heterocycles. The van der Waals surface area contributed by atoms with Crippen LogP contribution >= 0.6 is 12.2 Å². The van der Waals surface area contributed by atoms with Crippen molar-refractivity contribution in [3.8, 4) is 0 Å². The molecule has 0 aliphatic heterocycles. The van der Waals surface area contributed by atoms with Crippen LogP contribution in [-0.4, -0.2) is 11.0 Å². The molecular weight excluding hydrogens is 118 g/mol. The van der Waals surface area contributed by atoms with Crippen LogP contribution in [0.25, 0.3) is 0 Å². The van der Waals surface area contributed by atoms with Gasteiger partial charge in [0.2, 0.25) is 0 Å². The average Bonchev–Trinajstić information content (AvgIpc) is 1.65. The number of nitrogens with one attached hydrogen (secondary N) is 1. The Labute approximate surface area is 56.5 Å². The minimum atomic E-state index is 0.488. The SMILES string of the molecule is CCC(=S)NC(C)C. The monoisotopic (exact) mass is 131 g/mol. The van der Waals surface area contributed by atoms with Crippen LogP contribution < -0.4 is 5.32 Å². The first kappa shape index (κ1) is 7.89. The number of rotatable bonds is 2. The van der Waals surface area contributed by atoms with Gasteiger partial charge in [0.15, 0.2) is 0 Å². The van der Waals surface area contributed by atoms with E-state index in [1.807, 2.05) is 0 Å². The molecule has 0 amide bonds. The minimum absolute atomic E-state index is 0.488. The van der Waals surface area contributed by atoms with Gasteiger partial charge >= 0.3 is 0 Å². The van der Waals surface area contributed by atoms with E-state index in [4.69, 9.17) is 12.2 Å². The summed E-state index contributed by atoms with van der Waals surface area (Å²) in [6, 6.07) is 0.488. The summed E-state index contributed by atoms with van der Waals surface area (Å²) in [5.74, 6) is 0. The largest absolute Gasteiger partial charge is 0.377 e. The summed E-state index contributed by atoms with van der Waals surface area (Å²) >= 11 is 4.92. The molecule has 8 heavy (non-hydrogen) atoms. The van der Waals surface area contributed by atoms with E-state index < -0.39 is 0 Å². The minimum Gasteiger partial charge on any atom is -0.377 e. The van der Waals surface area contributed by atoms with Crippen molar-refractivity contribution >= 4 is 17.2 Å². The Hall–Kier alpha value is -0.110. The zero-order valence-electron chi connectivity index (χ0n) is 5.69. The number of thiocarbonyl (C=S) groups is 1. The van der Waals surface area contributed by atoms with Gasteiger partial charge in [-0.15, -0.1) is 0 Å². The van der Waals surface area contributed by atoms with Crippen LogP contribution in [0.4, 0.5) is 0 Å². The van der Waals surface area contributed by atoms with E-state index >= 15 is 0 Å². The van der Waals surface area contributed by atoms with Gasteiger partial charge in [-0.1, -0.05) is 19.1 Å². The zero-order valence-corrected chi connectivity index (χ0v) is 6.51. The van der Waals surface area contributed by atoms with Crippen LogP contribution in [0.3, 0.4) is 0 Å². The molecule has 2 heteroatoms. The van der Waals surface area contributed by atoms with Gasteiger partial charge in [0, 0.05) is 6.04 Å². The van der Waals surface area contributed by atoms with E-state index in [2.05, 4.69) is 26.1 Å². The predicted molar refractivity (Wildman–Crippen MR) is 41.2 cm³/mol. The first-order valence-electron chi connectivity index (χ1n) is 2.96. The second kappa shape index (κ2) is 3.84. The molecule has 0 aliphatic rings. The van der Waals surface area contributed by atoms with Crippen molar-refractivity contribution in [2.24, 2.45) is 0 Å². The van der Waals surface area contributed by atoms with Crippen LogP contribution in [0, 0.1) is 0 Å². The van der Waals surface area contributed by atoms with E-state index in [1.165, 1.54) is 0 Å². The number of hydrogen-bond acceptors (Lipinski definition) is 1. The molecule has 0 fully saturated rings. The molecule has 0 atom stereocenters. The Bertz CT molecular complexity index is 78.6. The molecule has 0 radical (unpaired) electrons. The van der Waals surface area contributed by atoms with Gasteiger partial charge in [-0.25, -0.2) is 0 Å². The molecule has 1 nitrogen and oxygen atoms in total. The molecule has 0 aromatic heterocycles. The second-order valence-electron chi connectivity index (χ2n) is 2.08. The lowest BCUT2D eigenvalue weighted by Crippen LogP contribution is -2.27. The highest BCUT2D eigenvalue weighted by atomic mass is 32.1. The van der Waals surface area contributed by atoms with Crippen LogP contribution in [0.2, 0.25) is 0 Å². The highest BCUT2D eigenvalue weighted by Crippen LogP contribution is 1.83. The fourth-order valence-corrected chi connectivity index (χ4v) is 0.660. The van der Waals surface area contributed by atoms with Gasteiger partial charge in [-0.2, -0.15) is 0 Å². The van der Waals surface area contributed by atoms with Crippen LogP contribution in [0.5, 0.6) is 0 Å². The van der Waals surface area contributed by atoms with Gasteiger partial charge in [0.05, 0.1) is 4.99 Å². The summed E-state index contributed by atoms with van der Waals surface area (Å²) < 4.78 is 0. The molecule has 48 valence electrons. The zero-order chi connectivity index (χ0) is 6.57. The smallest absolute Gasteiger partial charge is 0.0752 e. The summed E-state index contributed by atoms with van der Waals surface area (Å²) in [5, 5.41) is 3.12. The molecule has 0 aromatic carbocycles. The molecular formula is C6H13NS. The first-order valence-corrected chi connectivity index (χ1v) is 3.37. The van der Waals surface area contributed by atoms with E-state index in [1.54, 1.807) is 0 Å². The normalized spacial score (nSPS) is 9.50. The maximum atomic E-state index is 4.92. The Balaban J connectivity index is 3.25. The third-order valence-electron chi connectivity index (χ3n) is 0.771. The molecule has 0 aromatic rings. The predicted octanol–water partition coefficient (Wildman–Crippen LogP) is 1.72. The molecule has 0 saturated carbocycles. The molecule has 0 aliphatic carbocycles. The molecule has 0 saturated heterocycles. The fraction of sp³-hybridized carbons (Fsp3) is 0.833. The van der Waals surface area contributed by atoms with Crippen molar-refractivity contribution in [1.29, 1.82) is 0 Å². The summed E-state index contributed by atoms with van der Waals surface area (Å²) in [4.78, 5) is 0.958. The van der Waals surface area contributed by atoms with Crippen molar-refractivity contribution in [3.05, 3.63) is 0 Å². The van der Waals surface area contributed by atoms with Crippen molar-refractivity contribution in [2.75, 3.05) is 0 Å². The standard InChI is InChI=1S/C6H13NS/c1-4-6(8)7-5(2)3/h5H,4H2,1-3H3,(H,7,8). The maximum absolute atomic E-state index is 4.92. The Morgan fingerprint density at radius 2 is 2.12 bits per heavy atom. The molecule has 0 unspecified atom stereocenters. The molecule has 0 spiro atoms. The highest BCUT2D eigenvalue weighted by Gasteiger charge is 1.92. The van der Waals surface area contributed by atoms with Crippen molar-refractivity contribution in [3.63, 3.8) is 0 Å². The summed E-state index contributed by atoms with van der Waals surface area (Å²) in [6.45, 7) is 6.22. The van der Waals surface area contributed by atoms with Gasteiger partial charge in [0.1, 0.15) is 0 Å². The second-order valence-corrected chi connectivity index (χ2v) is 2.57. The lowest BCUT2D eigenvalue weighted by atomic mass is 10.4. The van der Waals surface area contributed by atoms with Gasteiger partial charge in [-0.05, 0) is 20.3 Å². The van der Waals surface area contributed by atoms with E-state index in [9.17, 15) is 0 Å². The van der Waals surface area contributed by atoms with Crippen molar-refractivity contribution in [2.45, 2.75) is 33.2 Å². The topological polar surface area (TPSA) is 12.0 Å². The maximum Gasteiger partial charge on any atom is 0.0752 e. The van der Waals surface area contributed by atoms with E-state index in [0.29, 0.717) is 6.04 Å². The van der Waals surface area contributed by atoms with E-state index in [-0.39, 0.29) is 0 Å². The Morgan fingerprint density at radius 1 is 1.62 bits per heavy atom. The lowest BCUT2D eigenvalue weighted by molar-refractivity contribution is 0.732. The highest BCUT2D eigenvalue weighted by molar-refractivity contribution is 7.80. The third kappa shape index (κ3) is 4.06. The summed E-state index contributed by atoms with van der Waals surface area (Å²) in [7, 11) is 0. The van der Waals surface area contributed by atoms with Crippen LogP contribution in [0.1, 0.15) is 27.2 Å². The van der Waals surface area contributed by atoms with Crippen molar-refractivity contribution in [1.82, 2.24) is 5.32 Å². The van der Waals surface area contributed by atoms with E-state index in [0.717, 1.165) is 11.4 Å². The third-order valence-corrected chi connectivity index (χ3v) is 1.18. The summed E-state index contributed by atoms with van der Waals surface area (Å²) in [5.41, 5.74) is 0. The average molecular weight is 131 g/mol. The van der Waals surface area contributed by atoms with Crippen LogP contribution in [0.15, 0.2) is 0 Å². The van der Waals surface area contributed by atoms with Crippen molar-refractivity contribution < 1.29 is 0 Å². The fourth-order valence-electron chi connectivity index (χ4n) is 0.424. The van der Waals surface area contributed by atoms with Crippen LogP contribution in [-0.2, 0) is 0 Å². The van der Waals surface area contributed by atoms with Gasteiger partial charge in [-0.3, -0.25) is 0 Å². The molecule has 0 rings (SSSR count). The molecule has 0 bridgehead atoms. The first-order chi connectivity index (χ1) is 3.66. The molecule has 1 N–H and O–H groups in total. The Kier molecular flexibility index (Phi) is 3.79. The number of hydrogen-bond donors (Lipinski definition) is 1. The lowest BCUT2D eigenvalue weighted by Gasteiger charge is -2.07. The van der Waals surface area contributed by atoms with Gasteiger partial charge in [0.25, 0.3) is 0 Å². The quantitative estimate of drug-likeness (QED) is 0.573.